The van der Waals surface area contributed by atoms with Crippen molar-refractivity contribution >= 4 is 11.6 Å². The van der Waals surface area contributed by atoms with Gasteiger partial charge < -0.3 is 15.5 Å². The van der Waals surface area contributed by atoms with Crippen LogP contribution in [-0.2, 0) is 4.79 Å². The second-order valence-corrected chi connectivity index (χ2v) is 5.61. The maximum Gasteiger partial charge on any atom is 0.244 e. The smallest absolute Gasteiger partial charge is 0.244 e. The molecule has 5 heteroatoms. The van der Waals surface area contributed by atoms with E-state index < -0.39 is 5.54 Å². The van der Waals surface area contributed by atoms with E-state index in [1.807, 2.05) is 24.3 Å². The largest absolute Gasteiger partial charge is 0.444 e. The van der Waals surface area contributed by atoms with Crippen LogP contribution in [-0.4, -0.2) is 16.4 Å². The Morgan fingerprint density at radius 2 is 1.90 bits per heavy atom. The number of aromatic nitrogens is 1. The number of amides is 1. The lowest BCUT2D eigenvalue weighted by atomic mass is 9.82. The van der Waals surface area contributed by atoms with Gasteiger partial charge in [0.2, 0.25) is 5.91 Å². The number of anilines is 1. The summed E-state index contributed by atoms with van der Waals surface area (Å²) in [4.78, 5) is 16.2. The highest BCUT2D eigenvalue weighted by molar-refractivity contribution is 5.98. The van der Waals surface area contributed by atoms with E-state index in [9.17, 15) is 4.79 Å². The summed E-state index contributed by atoms with van der Waals surface area (Å²) in [6.07, 6.45) is 7.78. The van der Waals surface area contributed by atoms with Gasteiger partial charge in [-0.15, -0.1) is 0 Å². The van der Waals surface area contributed by atoms with Crippen molar-refractivity contribution in [1.29, 1.82) is 0 Å². The summed E-state index contributed by atoms with van der Waals surface area (Å²) in [7, 11) is 0. The molecule has 0 saturated heterocycles. The van der Waals surface area contributed by atoms with E-state index in [-0.39, 0.29) is 5.91 Å². The molecular formula is C16H19N3O2. The number of nitrogens with zero attached hydrogens (tertiary/aromatic N) is 1. The van der Waals surface area contributed by atoms with Crippen molar-refractivity contribution in [1.82, 2.24) is 4.98 Å². The summed E-state index contributed by atoms with van der Waals surface area (Å²) < 4.78 is 5.23. The summed E-state index contributed by atoms with van der Waals surface area (Å²) in [5.74, 6) is 0.616. The topological polar surface area (TPSA) is 81.2 Å². The van der Waals surface area contributed by atoms with Crippen molar-refractivity contribution in [2.24, 2.45) is 5.73 Å². The lowest BCUT2D eigenvalue weighted by Gasteiger charge is -2.31. The molecule has 2 aromatic rings. The van der Waals surface area contributed by atoms with Crippen LogP contribution in [0, 0.1) is 0 Å². The third-order valence-corrected chi connectivity index (χ3v) is 4.06. The number of carbonyl (C=O) groups is 1. The van der Waals surface area contributed by atoms with Gasteiger partial charge in [0.25, 0.3) is 0 Å². The molecule has 5 nitrogen and oxygen atoms in total. The van der Waals surface area contributed by atoms with Crippen molar-refractivity contribution in [2.75, 3.05) is 5.32 Å². The number of rotatable bonds is 3. The minimum Gasteiger partial charge on any atom is -0.444 e. The molecule has 1 amide bonds. The Labute approximate surface area is 123 Å². The molecule has 21 heavy (non-hydrogen) atoms. The Bertz CT molecular complexity index is 599. The summed E-state index contributed by atoms with van der Waals surface area (Å²) in [5, 5.41) is 2.91. The fourth-order valence-electron chi connectivity index (χ4n) is 2.74. The molecular weight excluding hydrogens is 266 g/mol. The van der Waals surface area contributed by atoms with Crippen molar-refractivity contribution in [3.8, 4) is 11.3 Å². The maximum atomic E-state index is 12.3. The summed E-state index contributed by atoms with van der Waals surface area (Å²) in [5.41, 5.74) is 7.17. The first kappa shape index (κ1) is 13.8. The van der Waals surface area contributed by atoms with Crippen LogP contribution in [0.4, 0.5) is 5.69 Å². The highest BCUT2D eigenvalue weighted by Gasteiger charge is 2.35. The van der Waals surface area contributed by atoms with Crippen LogP contribution in [0.25, 0.3) is 11.3 Å². The molecule has 1 aromatic carbocycles. The molecule has 1 aliphatic rings. The lowest BCUT2D eigenvalue weighted by molar-refractivity contribution is -0.122. The van der Waals surface area contributed by atoms with Crippen molar-refractivity contribution in [2.45, 2.75) is 37.6 Å². The molecule has 0 bridgehead atoms. The fourth-order valence-corrected chi connectivity index (χ4v) is 2.74. The molecule has 1 aliphatic carbocycles. The van der Waals surface area contributed by atoms with E-state index in [1.165, 1.54) is 6.39 Å². The summed E-state index contributed by atoms with van der Waals surface area (Å²) >= 11 is 0. The standard InChI is InChI=1S/C16H19N3O2/c17-16(8-2-1-3-9-16)15(20)19-13-6-4-12(5-7-13)14-10-18-11-21-14/h4-7,10-11H,1-3,8-9,17H2,(H,19,20). The first-order valence-electron chi connectivity index (χ1n) is 7.27. The third kappa shape index (κ3) is 2.97. The Hall–Kier alpha value is -2.14. The van der Waals surface area contributed by atoms with Gasteiger partial charge in [-0.1, -0.05) is 19.3 Å². The zero-order valence-corrected chi connectivity index (χ0v) is 11.8. The number of hydrogen-bond donors (Lipinski definition) is 2. The molecule has 0 radical (unpaired) electrons. The van der Waals surface area contributed by atoms with Crippen molar-refractivity contribution in [3.05, 3.63) is 36.9 Å². The first-order valence-corrected chi connectivity index (χ1v) is 7.27. The maximum absolute atomic E-state index is 12.3. The third-order valence-electron chi connectivity index (χ3n) is 4.06. The fraction of sp³-hybridized carbons (Fsp3) is 0.375. The molecule has 0 unspecified atom stereocenters. The Kier molecular flexibility index (Phi) is 3.75. The molecule has 110 valence electrons. The average molecular weight is 285 g/mol. The van der Waals surface area contributed by atoms with E-state index in [2.05, 4.69) is 10.3 Å². The van der Waals surface area contributed by atoms with Gasteiger partial charge in [-0.25, -0.2) is 4.98 Å². The first-order chi connectivity index (χ1) is 10.2. The van der Waals surface area contributed by atoms with Gasteiger partial charge in [0.1, 0.15) is 0 Å². The van der Waals surface area contributed by atoms with Crippen LogP contribution in [0.15, 0.2) is 41.3 Å². The minimum absolute atomic E-state index is 0.0883. The molecule has 1 aromatic heterocycles. The van der Waals surface area contributed by atoms with E-state index in [1.54, 1.807) is 6.20 Å². The van der Waals surface area contributed by atoms with E-state index in [0.717, 1.165) is 43.4 Å². The number of hydrogen-bond acceptors (Lipinski definition) is 4. The summed E-state index contributed by atoms with van der Waals surface area (Å²) in [6.45, 7) is 0. The monoisotopic (exact) mass is 285 g/mol. The van der Waals surface area contributed by atoms with Gasteiger partial charge in [0.05, 0.1) is 11.7 Å². The van der Waals surface area contributed by atoms with Crippen molar-refractivity contribution < 1.29 is 9.21 Å². The van der Waals surface area contributed by atoms with Crippen LogP contribution in [0.5, 0.6) is 0 Å². The average Bonchev–Trinajstić information content (AvgIpc) is 3.03. The predicted molar refractivity (Wildman–Crippen MR) is 80.6 cm³/mol. The van der Waals surface area contributed by atoms with Crippen LogP contribution in [0.1, 0.15) is 32.1 Å². The second-order valence-electron chi connectivity index (χ2n) is 5.61. The molecule has 1 heterocycles. The molecule has 0 atom stereocenters. The van der Waals surface area contributed by atoms with Crippen molar-refractivity contribution in [3.63, 3.8) is 0 Å². The lowest BCUT2D eigenvalue weighted by Crippen LogP contribution is -2.52. The quantitative estimate of drug-likeness (QED) is 0.908. The number of oxazole rings is 1. The van der Waals surface area contributed by atoms with Gasteiger partial charge >= 0.3 is 0 Å². The Morgan fingerprint density at radius 3 is 2.52 bits per heavy atom. The van der Waals surface area contributed by atoms with Crippen LogP contribution in [0.2, 0.25) is 0 Å². The zero-order chi connectivity index (χ0) is 14.7. The highest BCUT2D eigenvalue weighted by atomic mass is 16.3. The van der Waals surface area contributed by atoms with Gasteiger partial charge in [-0.2, -0.15) is 0 Å². The van der Waals surface area contributed by atoms with Crippen LogP contribution >= 0.6 is 0 Å². The zero-order valence-electron chi connectivity index (χ0n) is 11.8. The van der Waals surface area contributed by atoms with Crippen LogP contribution in [0.3, 0.4) is 0 Å². The second kappa shape index (κ2) is 5.69. The number of benzene rings is 1. The van der Waals surface area contributed by atoms with Gasteiger partial charge in [0.15, 0.2) is 12.2 Å². The number of nitrogens with two attached hydrogens (primary N) is 1. The molecule has 1 saturated carbocycles. The minimum atomic E-state index is -0.720. The molecule has 3 rings (SSSR count). The van der Waals surface area contributed by atoms with E-state index in [4.69, 9.17) is 10.2 Å². The molecule has 0 spiro atoms. The van der Waals surface area contributed by atoms with E-state index in [0.29, 0.717) is 5.76 Å². The van der Waals surface area contributed by atoms with Crippen LogP contribution < -0.4 is 11.1 Å². The predicted octanol–water partition coefficient (Wildman–Crippen LogP) is 2.94. The SMILES string of the molecule is NC1(C(=O)Nc2ccc(-c3cnco3)cc2)CCCCC1. The van der Waals surface area contributed by atoms with Gasteiger partial charge in [0, 0.05) is 11.3 Å². The van der Waals surface area contributed by atoms with Gasteiger partial charge in [-0.05, 0) is 37.1 Å². The molecule has 3 N–H and O–H groups in total. The van der Waals surface area contributed by atoms with Gasteiger partial charge in [-0.3, -0.25) is 4.79 Å². The summed E-state index contributed by atoms with van der Waals surface area (Å²) in [6, 6.07) is 7.48. The normalized spacial score (nSPS) is 17.4. The Balaban J connectivity index is 1.69. The number of nitrogens with one attached hydrogen (secondary N) is 1. The highest BCUT2D eigenvalue weighted by Crippen LogP contribution is 2.27. The van der Waals surface area contributed by atoms with E-state index >= 15 is 0 Å². The number of carbonyl (C=O) groups excluding carboxylic acids is 1. The molecule has 0 aliphatic heterocycles. The Morgan fingerprint density at radius 1 is 1.19 bits per heavy atom. The molecule has 1 fully saturated rings.